The Morgan fingerprint density at radius 1 is 1.03 bits per heavy atom. The Kier molecular flexibility index (Phi) is 5.29. The molecule has 168 valence electrons. The number of amides is 2. The van der Waals surface area contributed by atoms with Gasteiger partial charge in [-0.1, -0.05) is 0 Å². The van der Waals surface area contributed by atoms with E-state index < -0.39 is 9.84 Å². The molecule has 2 unspecified atom stereocenters. The first-order chi connectivity index (χ1) is 14.9. The minimum atomic E-state index is -2.91. The Morgan fingerprint density at radius 3 is 2.48 bits per heavy atom. The van der Waals surface area contributed by atoms with Crippen LogP contribution in [0.3, 0.4) is 0 Å². The molecule has 31 heavy (non-hydrogen) atoms. The smallest absolute Gasteiger partial charge is 0.228 e. The summed E-state index contributed by atoms with van der Waals surface area (Å²) in [5, 5.41) is 0. The van der Waals surface area contributed by atoms with Crippen LogP contribution in [0, 0.1) is 5.92 Å². The molecule has 0 saturated carbocycles. The van der Waals surface area contributed by atoms with Crippen LogP contribution in [0.25, 0.3) is 0 Å². The second-order valence-corrected chi connectivity index (χ2v) is 10.9. The lowest BCUT2D eigenvalue weighted by Gasteiger charge is -2.38. The molecule has 5 rings (SSSR count). The maximum atomic E-state index is 13.1. The van der Waals surface area contributed by atoms with Gasteiger partial charge in [0.25, 0.3) is 0 Å². The summed E-state index contributed by atoms with van der Waals surface area (Å²) in [6.45, 7) is 3.85. The number of carbonyl (C=O) groups excluding carboxylic acids is 2. The number of fused-ring (bicyclic) bond motifs is 1. The maximum absolute atomic E-state index is 13.1. The van der Waals surface area contributed by atoms with Gasteiger partial charge in [-0.25, -0.2) is 8.42 Å². The molecule has 0 bridgehead atoms. The molecule has 2 atom stereocenters. The first-order valence-corrected chi connectivity index (χ1v) is 12.6. The molecule has 3 fully saturated rings. The lowest BCUT2D eigenvalue weighted by Crippen LogP contribution is -2.53. The number of sulfone groups is 1. The molecular formula is C21H27N3O6S. The standard InChI is InChI=1S/C21H27N3O6S/c25-20-11-15(13-24(20)16-1-2-18-19(12-16)30-9-8-29-18)21(26)23-6-4-22(5-7-23)17-3-10-31(27,28)14-17/h1-2,12,15,17H,3-11,13-14H2. The van der Waals surface area contributed by atoms with Crippen molar-refractivity contribution in [1.82, 2.24) is 9.80 Å². The lowest BCUT2D eigenvalue weighted by atomic mass is 10.1. The molecule has 4 aliphatic rings. The minimum absolute atomic E-state index is 0.00656. The van der Waals surface area contributed by atoms with E-state index >= 15 is 0 Å². The number of hydrogen-bond donors (Lipinski definition) is 0. The second kappa shape index (κ2) is 7.98. The number of benzene rings is 1. The minimum Gasteiger partial charge on any atom is -0.486 e. The molecule has 1 aromatic carbocycles. The van der Waals surface area contributed by atoms with Crippen molar-refractivity contribution in [2.24, 2.45) is 5.92 Å². The molecule has 4 aliphatic heterocycles. The monoisotopic (exact) mass is 449 g/mol. The van der Waals surface area contributed by atoms with Crippen molar-refractivity contribution in [3.63, 3.8) is 0 Å². The zero-order chi connectivity index (χ0) is 21.6. The number of carbonyl (C=O) groups is 2. The molecule has 2 amide bonds. The predicted molar refractivity (Wildman–Crippen MR) is 113 cm³/mol. The Balaban J connectivity index is 1.19. The fourth-order valence-corrected chi connectivity index (χ4v) is 6.71. The highest BCUT2D eigenvalue weighted by atomic mass is 32.2. The van der Waals surface area contributed by atoms with Gasteiger partial charge in [-0.15, -0.1) is 0 Å². The van der Waals surface area contributed by atoms with Crippen molar-refractivity contribution in [1.29, 1.82) is 0 Å². The number of rotatable bonds is 3. The Labute approximate surface area is 181 Å². The summed E-state index contributed by atoms with van der Waals surface area (Å²) in [6, 6.07) is 5.50. The average Bonchev–Trinajstić information content (AvgIpc) is 3.35. The van der Waals surface area contributed by atoms with Crippen LogP contribution in [0.1, 0.15) is 12.8 Å². The third-order valence-corrected chi connectivity index (χ3v) is 8.41. The fourth-order valence-electron chi connectivity index (χ4n) is 4.95. The zero-order valence-electron chi connectivity index (χ0n) is 17.4. The van der Waals surface area contributed by atoms with E-state index in [-0.39, 0.29) is 41.7 Å². The highest BCUT2D eigenvalue weighted by molar-refractivity contribution is 7.91. The van der Waals surface area contributed by atoms with Crippen molar-refractivity contribution < 1.29 is 27.5 Å². The van der Waals surface area contributed by atoms with E-state index in [0.717, 1.165) is 5.69 Å². The van der Waals surface area contributed by atoms with Crippen LogP contribution in [0.4, 0.5) is 5.69 Å². The molecule has 0 radical (unpaired) electrons. The van der Waals surface area contributed by atoms with Crippen LogP contribution >= 0.6 is 0 Å². The molecule has 9 nitrogen and oxygen atoms in total. The summed E-state index contributed by atoms with van der Waals surface area (Å²) in [6.07, 6.45) is 0.881. The molecule has 4 heterocycles. The van der Waals surface area contributed by atoms with Gasteiger partial charge in [-0.3, -0.25) is 14.5 Å². The normalized spacial score (nSPS) is 28.2. The van der Waals surface area contributed by atoms with Crippen molar-refractivity contribution in [2.45, 2.75) is 18.9 Å². The predicted octanol–water partition coefficient (Wildman–Crippen LogP) is 0.142. The molecule has 0 aromatic heterocycles. The lowest BCUT2D eigenvalue weighted by molar-refractivity contribution is -0.137. The van der Waals surface area contributed by atoms with Crippen LogP contribution < -0.4 is 14.4 Å². The molecule has 3 saturated heterocycles. The van der Waals surface area contributed by atoms with Gasteiger partial charge in [0.1, 0.15) is 13.2 Å². The van der Waals surface area contributed by atoms with Crippen LogP contribution in [0.15, 0.2) is 18.2 Å². The second-order valence-electron chi connectivity index (χ2n) is 8.65. The van der Waals surface area contributed by atoms with Gasteiger partial charge in [-0.05, 0) is 18.6 Å². The van der Waals surface area contributed by atoms with Crippen LogP contribution in [0.2, 0.25) is 0 Å². The molecule has 0 aliphatic carbocycles. The number of anilines is 1. The van der Waals surface area contributed by atoms with Crippen LogP contribution in [-0.4, -0.2) is 93.5 Å². The summed E-state index contributed by atoms with van der Waals surface area (Å²) >= 11 is 0. The Hall–Kier alpha value is -2.33. The summed E-state index contributed by atoms with van der Waals surface area (Å²) in [5.41, 5.74) is 0.719. The van der Waals surface area contributed by atoms with Crippen molar-refractivity contribution in [3.05, 3.63) is 18.2 Å². The van der Waals surface area contributed by atoms with Gasteiger partial charge in [0.15, 0.2) is 21.3 Å². The number of hydrogen-bond acceptors (Lipinski definition) is 7. The topological polar surface area (TPSA) is 96.5 Å². The largest absolute Gasteiger partial charge is 0.486 e. The van der Waals surface area contributed by atoms with Crippen LogP contribution in [0.5, 0.6) is 11.5 Å². The summed E-state index contributed by atoms with van der Waals surface area (Å²) < 4.78 is 34.6. The quantitative estimate of drug-likeness (QED) is 0.648. The molecule has 0 N–H and O–H groups in total. The first kappa shape index (κ1) is 20.6. The number of ether oxygens (including phenoxy) is 2. The van der Waals surface area contributed by atoms with Gasteiger partial charge < -0.3 is 19.3 Å². The van der Waals surface area contributed by atoms with Crippen LogP contribution in [-0.2, 0) is 19.4 Å². The van der Waals surface area contributed by atoms with Crippen molar-refractivity contribution >= 4 is 27.3 Å². The van der Waals surface area contributed by atoms with Gasteiger partial charge in [0.2, 0.25) is 11.8 Å². The van der Waals surface area contributed by atoms with Gasteiger partial charge in [0, 0.05) is 56.9 Å². The maximum Gasteiger partial charge on any atom is 0.228 e. The van der Waals surface area contributed by atoms with Gasteiger partial charge >= 0.3 is 0 Å². The SMILES string of the molecule is O=C(C1CC(=O)N(c2ccc3c(c2)OCCO3)C1)N1CCN(C2CCS(=O)(=O)C2)CC1. The number of piperazine rings is 1. The van der Waals surface area contributed by atoms with E-state index in [1.165, 1.54) is 0 Å². The van der Waals surface area contributed by atoms with E-state index in [0.29, 0.717) is 63.9 Å². The van der Waals surface area contributed by atoms with E-state index in [1.807, 2.05) is 11.0 Å². The Bertz CT molecular complexity index is 989. The summed E-state index contributed by atoms with van der Waals surface area (Å²) in [4.78, 5) is 31.4. The summed E-state index contributed by atoms with van der Waals surface area (Å²) in [5.74, 6) is 1.36. The Morgan fingerprint density at radius 2 is 1.77 bits per heavy atom. The molecule has 1 aromatic rings. The number of nitrogens with zero attached hydrogens (tertiary/aromatic N) is 3. The van der Waals surface area contributed by atoms with Gasteiger partial charge in [0.05, 0.1) is 17.4 Å². The van der Waals surface area contributed by atoms with Gasteiger partial charge in [-0.2, -0.15) is 0 Å². The molecule has 0 spiro atoms. The van der Waals surface area contributed by atoms with E-state index in [1.54, 1.807) is 17.0 Å². The van der Waals surface area contributed by atoms with Crippen molar-refractivity contribution in [3.8, 4) is 11.5 Å². The average molecular weight is 450 g/mol. The highest BCUT2D eigenvalue weighted by Gasteiger charge is 2.39. The molecular weight excluding hydrogens is 422 g/mol. The third-order valence-electron chi connectivity index (χ3n) is 6.66. The van der Waals surface area contributed by atoms with Crippen molar-refractivity contribution in [2.75, 3.05) is 62.3 Å². The van der Waals surface area contributed by atoms with E-state index in [2.05, 4.69) is 4.90 Å². The first-order valence-electron chi connectivity index (χ1n) is 10.8. The summed E-state index contributed by atoms with van der Waals surface area (Å²) in [7, 11) is -2.91. The van der Waals surface area contributed by atoms with E-state index in [4.69, 9.17) is 9.47 Å². The third kappa shape index (κ3) is 4.10. The fraction of sp³-hybridized carbons (Fsp3) is 0.619. The zero-order valence-corrected chi connectivity index (χ0v) is 18.2. The highest BCUT2D eigenvalue weighted by Crippen LogP contribution is 2.36. The molecule has 10 heteroatoms. The van der Waals surface area contributed by atoms with E-state index in [9.17, 15) is 18.0 Å².